The largest absolute Gasteiger partial charge is 0.493 e. The van der Waals surface area contributed by atoms with E-state index >= 15 is 0 Å². The maximum Gasteiger partial charge on any atom is 0.271 e. The Morgan fingerprint density at radius 1 is 0.868 bits per heavy atom. The van der Waals surface area contributed by atoms with Gasteiger partial charge in [0.1, 0.15) is 0 Å². The molecular formula is C30H27N3O5. The minimum Gasteiger partial charge on any atom is -0.493 e. The van der Waals surface area contributed by atoms with Crippen LogP contribution in [0.2, 0.25) is 0 Å². The number of hydrazone groups is 1. The normalized spacial score (nSPS) is 12.6. The molecule has 8 heteroatoms. The molecule has 0 saturated carbocycles. The van der Waals surface area contributed by atoms with Gasteiger partial charge < -0.3 is 19.1 Å². The van der Waals surface area contributed by atoms with Crippen LogP contribution in [0.3, 0.4) is 0 Å². The second-order valence-corrected chi connectivity index (χ2v) is 8.82. The molecule has 4 aromatic carbocycles. The number of amides is 2. The average Bonchev–Trinajstić information content (AvgIpc) is 3.23. The fourth-order valence-electron chi connectivity index (χ4n) is 4.63. The molecule has 1 heterocycles. The molecule has 0 unspecified atom stereocenters. The fourth-order valence-corrected chi connectivity index (χ4v) is 4.63. The van der Waals surface area contributed by atoms with Crippen molar-refractivity contribution in [2.45, 2.75) is 13.5 Å². The third kappa shape index (κ3) is 4.41. The van der Waals surface area contributed by atoms with Crippen molar-refractivity contribution in [1.29, 1.82) is 0 Å². The average molecular weight is 510 g/mol. The van der Waals surface area contributed by atoms with Crippen molar-refractivity contribution in [2.75, 3.05) is 26.2 Å². The summed E-state index contributed by atoms with van der Waals surface area (Å²) < 4.78 is 16.1. The highest BCUT2D eigenvalue weighted by atomic mass is 16.5. The van der Waals surface area contributed by atoms with Gasteiger partial charge in [-0.3, -0.25) is 9.59 Å². The zero-order chi connectivity index (χ0) is 26.8. The molecule has 8 nitrogen and oxygen atoms in total. The molecule has 0 bridgehead atoms. The van der Waals surface area contributed by atoms with Gasteiger partial charge in [-0.2, -0.15) is 5.10 Å². The number of methoxy groups -OCH3 is 3. The summed E-state index contributed by atoms with van der Waals surface area (Å²) in [6, 6.07) is 22.4. The molecule has 0 radical (unpaired) electrons. The highest BCUT2D eigenvalue weighted by molar-refractivity contribution is 6.24. The van der Waals surface area contributed by atoms with E-state index in [1.807, 2.05) is 48.5 Å². The van der Waals surface area contributed by atoms with Gasteiger partial charge in [-0.25, -0.2) is 5.43 Å². The van der Waals surface area contributed by atoms with E-state index in [-0.39, 0.29) is 11.8 Å². The van der Waals surface area contributed by atoms with Crippen LogP contribution in [0.1, 0.15) is 38.8 Å². The first kappa shape index (κ1) is 24.8. The number of hydrogen-bond donors (Lipinski definition) is 1. The molecule has 1 aliphatic heterocycles. The highest BCUT2D eigenvalue weighted by Crippen LogP contribution is 2.39. The first-order chi connectivity index (χ1) is 18.4. The number of nitrogens with zero attached hydrogens (tertiary/aromatic N) is 2. The van der Waals surface area contributed by atoms with Crippen molar-refractivity contribution in [3.05, 3.63) is 95.1 Å². The van der Waals surface area contributed by atoms with Crippen LogP contribution in [0.5, 0.6) is 17.2 Å². The number of rotatable bonds is 8. The second kappa shape index (κ2) is 10.3. The van der Waals surface area contributed by atoms with Crippen molar-refractivity contribution in [3.63, 3.8) is 0 Å². The van der Waals surface area contributed by atoms with Gasteiger partial charge in [0.05, 0.1) is 39.3 Å². The Labute approximate surface area is 220 Å². The van der Waals surface area contributed by atoms with Gasteiger partial charge >= 0.3 is 0 Å². The SMILES string of the molecule is COc1cc(/C(C)=N/NC(=O)c2ccc(CN3C(=O)c4cccc5cccc3c45)cc2)cc(OC)c1OC. The summed E-state index contributed by atoms with van der Waals surface area (Å²) >= 11 is 0. The minimum absolute atomic E-state index is 0.0183. The van der Waals surface area contributed by atoms with E-state index in [9.17, 15) is 9.59 Å². The Kier molecular flexibility index (Phi) is 6.70. The van der Waals surface area contributed by atoms with Crippen molar-refractivity contribution >= 4 is 34.0 Å². The number of ether oxygens (including phenoxy) is 3. The van der Waals surface area contributed by atoms with E-state index in [4.69, 9.17) is 14.2 Å². The number of hydrogen-bond acceptors (Lipinski definition) is 6. The maximum absolute atomic E-state index is 13.1. The van der Waals surface area contributed by atoms with Gasteiger partial charge in [0.25, 0.3) is 11.8 Å². The standard InChI is InChI=1S/C30H27N3O5/c1-18(22-15-25(36-2)28(38-4)26(16-22)37-3)31-32-29(34)21-13-11-19(12-14-21)17-33-24-10-6-8-20-7-5-9-23(27(20)24)30(33)35/h5-16H,17H2,1-4H3,(H,32,34)/b31-18+. The topological polar surface area (TPSA) is 89.5 Å². The molecule has 0 spiro atoms. The summed E-state index contributed by atoms with van der Waals surface area (Å²) in [6.45, 7) is 2.18. The summed E-state index contributed by atoms with van der Waals surface area (Å²) in [6.07, 6.45) is 0. The smallest absolute Gasteiger partial charge is 0.271 e. The molecule has 192 valence electrons. The van der Waals surface area contributed by atoms with Crippen LogP contribution in [-0.4, -0.2) is 38.9 Å². The van der Waals surface area contributed by atoms with Crippen LogP contribution in [-0.2, 0) is 6.54 Å². The Hall–Kier alpha value is -4.85. The van der Waals surface area contributed by atoms with Gasteiger partial charge in [-0.1, -0.05) is 36.4 Å². The summed E-state index contributed by atoms with van der Waals surface area (Å²) in [7, 11) is 4.62. The van der Waals surface area contributed by atoms with E-state index in [2.05, 4.69) is 10.5 Å². The lowest BCUT2D eigenvalue weighted by molar-refractivity contribution is 0.0953. The molecular weight excluding hydrogens is 482 g/mol. The fraction of sp³-hybridized carbons (Fsp3) is 0.167. The highest BCUT2D eigenvalue weighted by Gasteiger charge is 2.29. The molecule has 0 saturated heterocycles. The zero-order valence-electron chi connectivity index (χ0n) is 21.6. The summed E-state index contributed by atoms with van der Waals surface area (Å²) in [5.41, 5.74) is 6.86. The molecule has 1 aliphatic rings. The Bertz CT molecular complexity index is 1550. The molecule has 0 fully saturated rings. The van der Waals surface area contributed by atoms with E-state index in [0.717, 1.165) is 27.6 Å². The molecule has 4 aromatic rings. The lowest BCUT2D eigenvalue weighted by Crippen LogP contribution is -2.26. The number of benzene rings is 4. The Balaban J connectivity index is 1.29. The molecule has 0 aromatic heterocycles. The molecule has 0 aliphatic carbocycles. The number of carbonyl (C=O) groups is 2. The summed E-state index contributed by atoms with van der Waals surface area (Å²) in [5.74, 6) is 1.10. The minimum atomic E-state index is -0.349. The van der Waals surface area contributed by atoms with Crippen LogP contribution >= 0.6 is 0 Å². The Morgan fingerprint density at radius 2 is 1.53 bits per heavy atom. The molecule has 5 rings (SSSR count). The predicted octanol–water partition coefficient (Wildman–Crippen LogP) is 5.18. The van der Waals surface area contributed by atoms with Gasteiger partial charge in [0, 0.05) is 22.1 Å². The van der Waals surface area contributed by atoms with Crippen molar-refractivity contribution < 1.29 is 23.8 Å². The first-order valence-corrected chi connectivity index (χ1v) is 12.0. The van der Waals surface area contributed by atoms with E-state index in [1.54, 1.807) is 36.1 Å². The van der Waals surface area contributed by atoms with Crippen LogP contribution in [0.4, 0.5) is 5.69 Å². The number of carbonyl (C=O) groups excluding carboxylic acids is 2. The second-order valence-electron chi connectivity index (χ2n) is 8.82. The van der Waals surface area contributed by atoms with Crippen molar-refractivity contribution in [3.8, 4) is 17.2 Å². The zero-order valence-corrected chi connectivity index (χ0v) is 21.6. The lowest BCUT2D eigenvalue weighted by atomic mass is 10.1. The predicted molar refractivity (Wildman–Crippen MR) is 147 cm³/mol. The molecule has 0 atom stereocenters. The lowest BCUT2D eigenvalue weighted by Gasteiger charge is -2.18. The van der Waals surface area contributed by atoms with Crippen molar-refractivity contribution in [2.24, 2.45) is 5.10 Å². The van der Waals surface area contributed by atoms with Crippen LogP contribution < -0.4 is 24.5 Å². The molecule has 2 amide bonds. The maximum atomic E-state index is 13.1. The van der Waals surface area contributed by atoms with Gasteiger partial charge in [0.2, 0.25) is 5.75 Å². The summed E-state index contributed by atoms with van der Waals surface area (Å²) in [5, 5.41) is 6.28. The van der Waals surface area contributed by atoms with Gasteiger partial charge in [-0.05, 0) is 54.3 Å². The molecule has 38 heavy (non-hydrogen) atoms. The van der Waals surface area contributed by atoms with Gasteiger partial charge in [-0.15, -0.1) is 0 Å². The van der Waals surface area contributed by atoms with Gasteiger partial charge in [0.15, 0.2) is 11.5 Å². The number of anilines is 1. The molecule has 1 N–H and O–H groups in total. The third-order valence-electron chi connectivity index (χ3n) is 6.61. The number of nitrogens with one attached hydrogen (secondary N) is 1. The van der Waals surface area contributed by atoms with Crippen LogP contribution in [0.25, 0.3) is 10.8 Å². The van der Waals surface area contributed by atoms with Crippen molar-refractivity contribution in [1.82, 2.24) is 5.43 Å². The van der Waals surface area contributed by atoms with E-state index in [1.165, 1.54) is 21.3 Å². The Morgan fingerprint density at radius 3 is 2.16 bits per heavy atom. The first-order valence-electron chi connectivity index (χ1n) is 12.0. The monoisotopic (exact) mass is 509 g/mol. The summed E-state index contributed by atoms with van der Waals surface area (Å²) in [4.78, 5) is 27.6. The van der Waals surface area contributed by atoms with E-state index in [0.29, 0.717) is 40.6 Å². The van der Waals surface area contributed by atoms with E-state index < -0.39 is 0 Å². The van der Waals surface area contributed by atoms with Crippen LogP contribution in [0.15, 0.2) is 77.9 Å². The quantitative estimate of drug-likeness (QED) is 0.261. The third-order valence-corrected chi connectivity index (χ3v) is 6.61. The van der Waals surface area contributed by atoms with Crippen LogP contribution in [0, 0.1) is 0 Å².